The Morgan fingerprint density at radius 1 is 1.48 bits per heavy atom. The number of carboxylic acids is 1. The fourth-order valence-corrected chi connectivity index (χ4v) is 1.56. The summed E-state index contributed by atoms with van der Waals surface area (Å²) in [5.74, 6) is -2.16. The molecule has 0 bridgehead atoms. The highest BCUT2D eigenvalue weighted by Gasteiger charge is 2.30. The van der Waals surface area contributed by atoms with Gasteiger partial charge in [-0.3, -0.25) is 4.79 Å². The van der Waals surface area contributed by atoms with E-state index in [0.717, 1.165) is 18.2 Å². The SMILES string of the molecule is CCC(C)(OC)C(=O)Nc1ccc(/C=C/C(=O)O)c(F)c1. The van der Waals surface area contributed by atoms with Crippen LogP contribution in [-0.2, 0) is 14.3 Å². The van der Waals surface area contributed by atoms with Crippen molar-refractivity contribution in [1.29, 1.82) is 0 Å². The number of benzene rings is 1. The minimum Gasteiger partial charge on any atom is -0.478 e. The van der Waals surface area contributed by atoms with Crippen LogP contribution in [0.3, 0.4) is 0 Å². The number of amides is 1. The predicted molar refractivity (Wildman–Crippen MR) is 77.4 cm³/mol. The Morgan fingerprint density at radius 3 is 2.62 bits per heavy atom. The summed E-state index contributed by atoms with van der Waals surface area (Å²) in [6.07, 6.45) is 2.46. The number of hydrogen-bond donors (Lipinski definition) is 2. The van der Waals surface area contributed by atoms with Crippen LogP contribution < -0.4 is 5.32 Å². The molecule has 0 aromatic heterocycles. The maximum absolute atomic E-state index is 13.8. The zero-order valence-corrected chi connectivity index (χ0v) is 12.1. The molecule has 21 heavy (non-hydrogen) atoms. The monoisotopic (exact) mass is 295 g/mol. The maximum Gasteiger partial charge on any atom is 0.328 e. The Kier molecular flexibility index (Phi) is 5.60. The van der Waals surface area contributed by atoms with Gasteiger partial charge in [0.15, 0.2) is 0 Å². The number of hydrogen-bond acceptors (Lipinski definition) is 3. The average Bonchev–Trinajstić information content (AvgIpc) is 2.45. The van der Waals surface area contributed by atoms with Crippen molar-refractivity contribution >= 4 is 23.6 Å². The third-order valence-electron chi connectivity index (χ3n) is 3.27. The van der Waals surface area contributed by atoms with Crippen LogP contribution in [0, 0.1) is 5.82 Å². The molecule has 1 aromatic carbocycles. The molecule has 1 aromatic rings. The highest BCUT2D eigenvalue weighted by atomic mass is 19.1. The van der Waals surface area contributed by atoms with Gasteiger partial charge in [-0.05, 0) is 37.6 Å². The number of anilines is 1. The van der Waals surface area contributed by atoms with Crippen molar-refractivity contribution in [2.24, 2.45) is 0 Å². The van der Waals surface area contributed by atoms with Gasteiger partial charge in [-0.2, -0.15) is 0 Å². The number of ether oxygens (including phenoxy) is 1. The van der Waals surface area contributed by atoms with Crippen LogP contribution in [0.25, 0.3) is 6.08 Å². The van der Waals surface area contributed by atoms with Gasteiger partial charge in [0.1, 0.15) is 11.4 Å². The molecule has 114 valence electrons. The molecule has 0 fully saturated rings. The summed E-state index contributed by atoms with van der Waals surface area (Å²) in [7, 11) is 1.43. The van der Waals surface area contributed by atoms with E-state index in [1.54, 1.807) is 6.92 Å². The van der Waals surface area contributed by atoms with E-state index in [2.05, 4.69) is 5.32 Å². The van der Waals surface area contributed by atoms with Gasteiger partial charge in [0.2, 0.25) is 0 Å². The normalized spacial score (nSPS) is 13.9. The van der Waals surface area contributed by atoms with Crippen molar-refractivity contribution in [2.75, 3.05) is 12.4 Å². The fourth-order valence-electron chi connectivity index (χ4n) is 1.56. The molecule has 2 N–H and O–H groups in total. The molecule has 1 rings (SSSR count). The van der Waals surface area contributed by atoms with Crippen molar-refractivity contribution in [3.05, 3.63) is 35.7 Å². The molecule has 1 unspecified atom stereocenters. The van der Waals surface area contributed by atoms with E-state index in [4.69, 9.17) is 9.84 Å². The largest absolute Gasteiger partial charge is 0.478 e. The molecule has 1 amide bonds. The summed E-state index contributed by atoms with van der Waals surface area (Å²) in [4.78, 5) is 22.5. The van der Waals surface area contributed by atoms with Gasteiger partial charge >= 0.3 is 5.97 Å². The Bertz CT molecular complexity index is 565. The van der Waals surface area contributed by atoms with E-state index in [0.29, 0.717) is 6.42 Å². The zero-order valence-electron chi connectivity index (χ0n) is 12.1. The number of carbonyl (C=O) groups excluding carboxylic acids is 1. The van der Waals surface area contributed by atoms with E-state index in [-0.39, 0.29) is 17.2 Å². The van der Waals surface area contributed by atoms with E-state index in [1.807, 2.05) is 6.92 Å². The van der Waals surface area contributed by atoms with Crippen LogP contribution >= 0.6 is 0 Å². The van der Waals surface area contributed by atoms with Gasteiger partial charge in [-0.15, -0.1) is 0 Å². The number of nitrogens with one attached hydrogen (secondary N) is 1. The third-order valence-corrected chi connectivity index (χ3v) is 3.27. The minimum atomic E-state index is -1.16. The first-order chi connectivity index (χ1) is 9.82. The van der Waals surface area contributed by atoms with E-state index in [9.17, 15) is 14.0 Å². The van der Waals surface area contributed by atoms with Crippen molar-refractivity contribution in [3.63, 3.8) is 0 Å². The molecule has 0 aliphatic rings. The van der Waals surface area contributed by atoms with E-state index < -0.39 is 17.4 Å². The summed E-state index contributed by atoms with van der Waals surface area (Å²) >= 11 is 0. The molecule has 0 aliphatic heterocycles. The Hall–Kier alpha value is -2.21. The Morgan fingerprint density at radius 2 is 2.14 bits per heavy atom. The number of carbonyl (C=O) groups is 2. The molecule has 0 spiro atoms. The van der Waals surface area contributed by atoms with Crippen molar-refractivity contribution in [1.82, 2.24) is 0 Å². The lowest BCUT2D eigenvalue weighted by molar-refractivity contribution is -0.136. The molecule has 0 saturated heterocycles. The van der Waals surface area contributed by atoms with Crippen molar-refractivity contribution in [3.8, 4) is 0 Å². The first-order valence-electron chi connectivity index (χ1n) is 6.39. The molecule has 5 nitrogen and oxygen atoms in total. The van der Waals surface area contributed by atoms with Crippen LogP contribution in [0.15, 0.2) is 24.3 Å². The molecule has 1 atom stereocenters. The summed E-state index contributed by atoms with van der Waals surface area (Å²) in [6, 6.07) is 4.01. The predicted octanol–water partition coefficient (Wildman–Crippen LogP) is 2.68. The van der Waals surface area contributed by atoms with Crippen molar-refractivity contribution < 1.29 is 23.8 Å². The number of rotatable bonds is 6. The third kappa shape index (κ3) is 4.39. The molecule has 0 radical (unpaired) electrons. The zero-order chi connectivity index (χ0) is 16.0. The molecular formula is C15H18FNO4. The molecule has 0 heterocycles. The lowest BCUT2D eigenvalue weighted by atomic mass is 10.0. The van der Waals surface area contributed by atoms with Crippen LogP contribution in [0.2, 0.25) is 0 Å². The van der Waals surface area contributed by atoms with Crippen LogP contribution in [-0.4, -0.2) is 29.7 Å². The first kappa shape index (κ1) is 16.8. The number of methoxy groups -OCH3 is 1. The van der Waals surface area contributed by atoms with Gasteiger partial charge in [0.25, 0.3) is 5.91 Å². The second kappa shape index (κ2) is 6.99. The van der Waals surface area contributed by atoms with E-state index >= 15 is 0 Å². The smallest absolute Gasteiger partial charge is 0.328 e. The van der Waals surface area contributed by atoms with Gasteiger partial charge in [0, 0.05) is 24.4 Å². The molecular weight excluding hydrogens is 277 g/mol. The van der Waals surface area contributed by atoms with Gasteiger partial charge in [-0.1, -0.05) is 6.92 Å². The van der Waals surface area contributed by atoms with Gasteiger partial charge in [0.05, 0.1) is 0 Å². The lowest BCUT2D eigenvalue weighted by Crippen LogP contribution is -2.41. The minimum absolute atomic E-state index is 0.125. The second-order valence-electron chi connectivity index (χ2n) is 4.65. The first-order valence-corrected chi connectivity index (χ1v) is 6.39. The summed E-state index contributed by atoms with van der Waals surface area (Å²) in [5.41, 5.74) is -0.583. The quantitative estimate of drug-likeness (QED) is 0.791. The highest BCUT2D eigenvalue weighted by Crippen LogP contribution is 2.20. The number of aliphatic carboxylic acids is 1. The summed E-state index contributed by atoms with van der Waals surface area (Å²) in [6.45, 7) is 3.45. The van der Waals surface area contributed by atoms with E-state index in [1.165, 1.54) is 19.2 Å². The van der Waals surface area contributed by atoms with Crippen LogP contribution in [0.5, 0.6) is 0 Å². The maximum atomic E-state index is 13.8. The van der Waals surface area contributed by atoms with Crippen LogP contribution in [0.4, 0.5) is 10.1 Å². The van der Waals surface area contributed by atoms with Crippen molar-refractivity contribution in [2.45, 2.75) is 25.9 Å². The van der Waals surface area contributed by atoms with Gasteiger partial charge < -0.3 is 15.2 Å². The average molecular weight is 295 g/mol. The van der Waals surface area contributed by atoms with Gasteiger partial charge in [-0.25, -0.2) is 9.18 Å². The lowest BCUT2D eigenvalue weighted by Gasteiger charge is -2.25. The highest BCUT2D eigenvalue weighted by molar-refractivity contribution is 5.97. The van der Waals surface area contributed by atoms with Crippen LogP contribution in [0.1, 0.15) is 25.8 Å². The Balaban J connectivity index is 2.90. The number of carboxylic acid groups (broad SMARTS) is 1. The summed E-state index contributed by atoms with van der Waals surface area (Å²) in [5, 5.41) is 11.1. The standard InChI is InChI=1S/C15H18FNO4/c1-4-15(2,21-3)14(20)17-11-7-5-10(12(16)9-11)6-8-13(18)19/h5-9H,4H2,1-3H3,(H,17,20)(H,18,19)/b8-6+. The fraction of sp³-hybridized carbons (Fsp3) is 0.333. The summed E-state index contributed by atoms with van der Waals surface area (Å²) < 4.78 is 18.9. The number of halogens is 1. The topological polar surface area (TPSA) is 75.6 Å². The second-order valence-corrected chi connectivity index (χ2v) is 4.65. The molecule has 6 heteroatoms. The molecule has 0 aliphatic carbocycles. The molecule has 0 saturated carbocycles. The Labute approximate surface area is 122 Å².